The molecule has 0 spiro atoms. The minimum absolute atomic E-state index is 1.19. The van der Waals surface area contributed by atoms with Gasteiger partial charge in [0.05, 0.1) is 0 Å². The molecule has 0 atom stereocenters. The molecule has 1 N–H and O–H groups in total. The third-order valence-electron chi connectivity index (χ3n) is 1.41. The van der Waals surface area contributed by atoms with Crippen LogP contribution in [0.15, 0.2) is 31.0 Å². The molecular weight excluding hydrogens is 122 g/mol. The van der Waals surface area contributed by atoms with Gasteiger partial charge in [-0.25, -0.2) is 0 Å². The zero-order valence-electron chi connectivity index (χ0n) is 6.09. The second-order valence-corrected chi connectivity index (χ2v) is 2.15. The summed E-state index contributed by atoms with van der Waals surface area (Å²) >= 11 is 0. The van der Waals surface area contributed by atoms with Gasteiger partial charge in [-0.15, -0.1) is 0 Å². The lowest BCUT2D eigenvalue weighted by Crippen LogP contribution is -1.71. The van der Waals surface area contributed by atoms with E-state index in [0.29, 0.717) is 0 Å². The zero-order chi connectivity index (χ0) is 7.40. The molecule has 0 saturated carbocycles. The number of aromatic amines is 1. The van der Waals surface area contributed by atoms with E-state index in [9.17, 15) is 0 Å². The Bertz CT molecular complexity index is 243. The maximum Gasteiger partial charge on any atom is 0.0189 e. The van der Waals surface area contributed by atoms with Crippen molar-refractivity contribution in [2.45, 2.75) is 6.92 Å². The Morgan fingerprint density at radius 2 is 2.40 bits per heavy atom. The van der Waals surface area contributed by atoms with Crippen molar-refractivity contribution in [2.24, 2.45) is 0 Å². The van der Waals surface area contributed by atoms with Gasteiger partial charge < -0.3 is 4.98 Å². The van der Waals surface area contributed by atoms with E-state index in [0.717, 1.165) is 0 Å². The van der Waals surface area contributed by atoms with Crippen LogP contribution in [-0.4, -0.2) is 4.98 Å². The van der Waals surface area contributed by atoms with Crippen molar-refractivity contribution in [3.8, 4) is 0 Å². The molecule has 1 heterocycles. The summed E-state index contributed by atoms with van der Waals surface area (Å²) in [5.41, 5.74) is 2.41. The van der Waals surface area contributed by atoms with Crippen molar-refractivity contribution in [3.05, 3.63) is 42.3 Å². The largest absolute Gasteiger partial charge is 0.365 e. The fraction of sp³-hybridized carbons (Fsp3) is 0.111. The van der Waals surface area contributed by atoms with Crippen molar-refractivity contribution < 1.29 is 0 Å². The molecule has 10 heavy (non-hydrogen) atoms. The summed E-state index contributed by atoms with van der Waals surface area (Å²) in [6.45, 7) is 5.64. The molecule has 0 unspecified atom stereocenters. The normalized spacial score (nSPS) is 10.5. The van der Waals surface area contributed by atoms with E-state index in [1.165, 1.54) is 11.3 Å². The molecule has 0 amide bonds. The Labute approximate surface area is 61.1 Å². The highest BCUT2D eigenvalue weighted by atomic mass is 14.7. The summed E-state index contributed by atoms with van der Waals surface area (Å²) in [6, 6.07) is 2.04. The Morgan fingerprint density at radius 3 is 2.90 bits per heavy atom. The summed E-state index contributed by atoms with van der Waals surface area (Å²) < 4.78 is 0. The van der Waals surface area contributed by atoms with Crippen molar-refractivity contribution in [2.75, 3.05) is 0 Å². The van der Waals surface area contributed by atoms with E-state index in [2.05, 4.69) is 11.6 Å². The number of rotatable bonds is 2. The molecule has 1 rings (SSSR count). The second kappa shape index (κ2) is 3.06. The van der Waals surface area contributed by atoms with Gasteiger partial charge >= 0.3 is 0 Å². The van der Waals surface area contributed by atoms with Crippen molar-refractivity contribution in [1.29, 1.82) is 0 Å². The first-order valence-corrected chi connectivity index (χ1v) is 3.27. The zero-order valence-corrected chi connectivity index (χ0v) is 6.09. The van der Waals surface area contributed by atoms with Gasteiger partial charge in [0.15, 0.2) is 0 Å². The highest BCUT2D eigenvalue weighted by Gasteiger charge is 1.90. The Balaban J connectivity index is 2.83. The third kappa shape index (κ3) is 1.38. The molecular formula is C9H11N. The van der Waals surface area contributed by atoms with E-state index in [1.54, 1.807) is 6.08 Å². The lowest BCUT2D eigenvalue weighted by Gasteiger charge is -1.86. The predicted octanol–water partition coefficient (Wildman–Crippen LogP) is 2.52. The third-order valence-corrected chi connectivity index (χ3v) is 1.41. The van der Waals surface area contributed by atoms with Crippen molar-refractivity contribution >= 4 is 6.08 Å². The molecule has 1 nitrogen and oxygen atoms in total. The molecule has 1 heteroatoms. The van der Waals surface area contributed by atoms with Crippen LogP contribution >= 0.6 is 0 Å². The molecule has 0 bridgehead atoms. The molecule has 0 aliphatic rings. The van der Waals surface area contributed by atoms with Crippen LogP contribution in [-0.2, 0) is 0 Å². The van der Waals surface area contributed by atoms with Crippen LogP contribution in [0.1, 0.15) is 11.3 Å². The van der Waals surface area contributed by atoms with E-state index in [1.807, 2.05) is 31.3 Å². The Kier molecular flexibility index (Phi) is 2.11. The van der Waals surface area contributed by atoms with Crippen LogP contribution < -0.4 is 0 Å². The average Bonchev–Trinajstić information content (AvgIpc) is 2.31. The molecule has 52 valence electrons. The summed E-state index contributed by atoms with van der Waals surface area (Å²) in [5.74, 6) is 0. The molecule has 1 aromatic rings. The first-order valence-electron chi connectivity index (χ1n) is 3.27. The molecule has 0 aliphatic carbocycles. The molecule has 0 saturated heterocycles. The highest BCUT2D eigenvalue weighted by molar-refractivity contribution is 5.53. The number of hydrogen-bond donors (Lipinski definition) is 1. The molecule has 1 aromatic heterocycles. The van der Waals surface area contributed by atoms with Gasteiger partial charge in [-0.2, -0.15) is 0 Å². The minimum Gasteiger partial charge on any atom is -0.365 e. The van der Waals surface area contributed by atoms with Crippen molar-refractivity contribution in [1.82, 2.24) is 4.98 Å². The summed E-state index contributed by atoms with van der Waals surface area (Å²) in [7, 11) is 0. The van der Waals surface area contributed by atoms with Gasteiger partial charge in [0.25, 0.3) is 0 Å². The maximum absolute atomic E-state index is 3.59. The summed E-state index contributed by atoms with van der Waals surface area (Å²) in [5, 5.41) is 0. The molecule has 0 radical (unpaired) electrons. The van der Waals surface area contributed by atoms with Crippen LogP contribution in [0.25, 0.3) is 6.08 Å². The van der Waals surface area contributed by atoms with Gasteiger partial charge in [0.1, 0.15) is 0 Å². The number of nitrogens with one attached hydrogen (secondary N) is 1. The van der Waals surface area contributed by atoms with Crippen LogP contribution in [0.5, 0.6) is 0 Å². The average molecular weight is 133 g/mol. The SMILES string of the molecule is C=CC=Cc1cc[nH]c1C. The van der Waals surface area contributed by atoms with Crippen LogP contribution in [0.3, 0.4) is 0 Å². The van der Waals surface area contributed by atoms with Gasteiger partial charge in [-0.1, -0.05) is 24.8 Å². The smallest absolute Gasteiger partial charge is 0.0189 e. The molecule has 0 aliphatic heterocycles. The van der Waals surface area contributed by atoms with Gasteiger partial charge in [-0.05, 0) is 18.6 Å². The lowest BCUT2D eigenvalue weighted by molar-refractivity contribution is 1.26. The Hall–Kier alpha value is -1.24. The van der Waals surface area contributed by atoms with E-state index in [4.69, 9.17) is 0 Å². The van der Waals surface area contributed by atoms with E-state index in [-0.39, 0.29) is 0 Å². The number of aryl methyl sites for hydroxylation is 1. The van der Waals surface area contributed by atoms with Gasteiger partial charge in [0, 0.05) is 11.9 Å². The number of aromatic nitrogens is 1. The first-order chi connectivity index (χ1) is 4.84. The number of hydrogen-bond acceptors (Lipinski definition) is 0. The predicted molar refractivity (Wildman–Crippen MR) is 44.8 cm³/mol. The first kappa shape index (κ1) is 6.87. The monoisotopic (exact) mass is 133 g/mol. The quantitative estimate of drug-likeness (QED) is 0.597. The maximum atomic E-state index is 3.59. The lowest BCUT2D eigenvalue weighted by atomic mass is 10.2. The van der Waals surface area contributed by atoms with Gasteiger partial charge in [0.2, 0.25) is 0 Å². The standard InChI is InChI=1S/C9H11N/c1-3-4-5-9-6-7-10-8(9)2/h3-7,10H,1H2,2H3. The topological polar surface area (TPSA) is 15.8 Å². The number of H-pyrrole nitrogens is 1. The fourth-order valence-electron chi connectivity index (χ4n) is 0.817. The van der Waals surface area contributed by atoms with Crippen molar-refractivity contribution in [3.63, 3.8) is 0 Å². The fourth-order valence-corrected chi connectivity index (χ4v) is 0.817. The van der Waals surface area contributed by atoms with E-state index < -0.39 is 0 Å². The molecule has 0 fully saturated rings. The highest BCUT2D eigenvalue weighted by Crippen LogP contribution is 2.06. The van der Waals surface area contributed by atoms with E-state index >= 15 is 0 Å². The molecule has 0 aromatic carbocycles. The Morgan fingerprint density at radius 1 is 1.60 bits per heavy atom. The summed E-state index contributed by atoms with van der Waals surface area (Å²) in [6.07, 6.45) is 7.65. The van der Waals surface area contributed by atoms with Crippen LogP contribution in [0, 0.1) is 6.92 Å². The van der Waals surface area contributed by atoms with Crippen LogP contribution in [0.4, 0.5) is 0 Å². The minimum atomic E-state index is 1.19. The van der Waals surface area contributed by atoms with Gasteiger partial charge in [-0.3, -0.25) is 0 Å². The number of allylic oxidation sites excluding steroid dienone is 2. The summed E-state index contributed by atoms with van der Waals surface area (Å²) in [4.78, 5) is 3.09. The second-order valence-electron chi connectivity index (χ2n) is 2.15. The van der Waals surface area contributed by atoms with Crippen LogP contribution in [0.2, 0.25) is 0 Å².